The zero-order valence-corrected chi connectivity index (χ0v) is 6.81. The number of hydrogen-bond donors (Lipinski definition) is 1. The van der Waals surface area contributed by atoms with Crippen LogP contribution in [0.2, 0.25) is 0 Å². The maximum Gasteiger partial charge on any atom is 0.322 e. The number of carbonyl (C=O) groups is 1. The molecule has 0 bridgehead atoms. The minimum atomic E-state index is -0.177. The maximum atomic E-state index is 10.8. The molecule has 0 spiro atoms. The van der Waals surface area contributed by atoms with Gasteiger partial charge in [-0.05, 0) is 13.0 Å². The van der Waals surface area contributed by atoms with Gasteiger partial charge in [-0.2, -0.15) is 0 Å². The molecule has 0 heterocycles. The summed E-state index contributed by atoms with van der Waals surface area (Å²) in [5.74, 6) is -0.177. The van der Waals surface area contributed by atoms with Crippen LogP contribution in [0.3, 0.4) is 0 Å². The van der Waals surface area contributed by atoms with Crippen LogP contribution in [-0.2, 0) is 9.53 Å². The average Bonchev–Trinajstić information content (AvgIpc) is 1.99. The van der Waals surface area contributed by atoms with Crippen LogP contribution in [0.5, 0.6) is 0 Å². The van der Waals surface area contributed by atoms with E-state index < -0.39 is 0 Å². The Bertz CT molecular complexity index is 104. The first-order chi connectivity index (χ1) is 4.76. The highest BCUT2D eigenvalue weighted by Crippen LogP contribution is 1.92. The summed E-state index contributed by atoms with van der Waals surface area (Å²) < 4.78 is 4.55. The van der Waals surface area contributed by atoms with Gasteiger partial charge < -0.3 is 10.1 Å². The predicted molar refractivity (Wildman–Crippen MR) is 39.8 cm³/mol. The molecule has 1 atom stereocenters. The highest BCUT2D eigenvalue weighted by molar-refractivity contribution is 5.75. The van der Waals surface area contributed by atoms with Crippen molar-refractivity contribution < 1.29 is 9.53 Å². The van der Waals surface area contributed by atoms with Crippen molar-refractivity contribution >= 4 is 5.97 Å². The number of ether oxygens (including phenoxy) is 1. The SMILES string of the molecule is CCN[C@@H](CC)C(=O)OC. The predicted octanol–water partition coefficient (Wildman–Crippen LogP) is 0.547. The van der Waals surface area contributed by atoms with Gasteiger partial charge in [-0.1, -0.05) is 13.8 Å². The molecule has 0 aliphatic heterocycles. The van der Waals surface area contributed by atoms with Crippen molar-refractivity contribution in [1.82, 2.24) is 5.32 Å². The van der Waals surface area contributed by atoms with Crippen molar-refractivity contribution in [3.63, 3.8) is 0 Å². The van der Waals surface area contributed by atoms with Crippen LogP contribution in [0.25, 0.3) is 0 Å². The topological polar surface area (TPSA) is 38.3 Å². The van der Waals surface area contributed by atoms with E-state index in [2.05, 4.69) is 10.1 Å². The number of likely N-dealkylation sites (N-methyl/N-ethyl adjacent to an activating group) is 1. The van der Waals surface area contributed by atoms with Crippen LogP contribution in [0.1, 0.15) is 20.3 Å². The Hall–Kier alpha value is -0.570. The standard InChI is InChI=1S/C7H15NO2/c1-4-6(8-5-2)7(9)10-3/h6,8H,4-5H2,1-3H3/t6-/m0/s1. The first-order valence-electron chi connectivity index (χ1n) is 3.57. The Morgan fingerprint density at radius 1 is 1.60 bits per heavy atom. The summed E-state index contributed by atoms with van der Waals surface area (Å²) in [6.07, 6.45) is 0.778. The third-order valence-electron chi connectivity index (χ3n) is 1.34. The monoisotopic (exact) mass is 145 g/mol. The van der Waals surface area contributed by atoms with Crippen LogP contribution in [0, 0.1) is 0 Å². The second-order valence-electron chi connectivity index (χ2n) is 2.04. The highest BCUT2D eigenvalue weighted by atomic mass is 16.5. The van der Waals surface area contributed by atoms with Crippen LogP contribution in [-0.4, -0.2) is 25.7 Å². The Labute approximate surface area is 61.8 Å². The van der Waals surface area contributed by atoms with Gasteiger partial charge in [0.05, 0.1) is 7.11 Å². The van der Waals surface area contributed by atoms with Gasteiger partial charge in [0.2, 0.25) is 0 Å². The van der Waals surface area contributed by atoms with Gasteiger partial charge in [0.15, 0.2) is 0 Å². The smallest absolute Gasteiger partial charge is 0.322 e. The van der Waals surface area contributed by atoms with Crippen LogP contribution in [0.15, 0.2) is 0 Å². The van der Waals surface area contributed by atoms with Crippen molar-refractivity contribution in [2.24, 2.45) is 0 Å². The lowest BCUT2D eigenvalue weighted by Crippen LogP contribution is -2.36. The molecule has 0 aromatic heterocycles. The molecule has 0 saturated carbocycles. The van der Waals surface area contributed by atoms with Crippen molar-refractivity contribution in [3.8, 4) is 0 Å². The average molecular weight is 145 g/mol. The second-order valence-corrected chi connectivity index (χ2v) is 2.04. The fourth-order valence-electron chi connectivity index (χ4n) is 0.783. The number of methoxy groups -OCH3 is 1. The quantitative estimate of drug-likeness (QED) is 0.587. The van der Waals surface area contributed by atoms with Gasteiger partial charge >= 0.3 is 5.97 Å². The van der Waals surface area contributed by atoms with E-state index in [9.17, 15) is 4.79 Å². The third kappa shape index (κ3) is 2.82. The Kier molecular flexibility index (Phi) is 4.94. The van der Waals surface area contributed by atoms with Gasteiger partial charge in [0.25, 0.3) is 0 Å². The van der Waals surface area contributed by atoms with Gasteiger partial charge in [0, 0.05) is 0 Å². The van der Waals surface area contributed by atoms with E-state index in [1.165, 1.54) is 7.11 Å². The molecule has 0 aromatic carbocycles. The normalized spacial score (nSPS) is 12.7. The fourth-order valence-corrected chi connectivity index (χ4v) is 0.783. The van der Waals surface area contributed by atoms with E-state index in [1.807, 2.05) is 13.8 Å². The molecule has 0 aliphatic carbocycles. The van der Waals surface area contributed by atoms with Gasteiger partial charge in [-0.3, -0.25) is 4.79 Å². The maximum absolute atomic E-state index is 10.8. The Morgan fingerprint density at radius 3 is 2.50 bits per heavy atom. The van der Waals surface area contributed by atoms with Crippen LogP contribution >= 0.6 is 0 Å². The lowest BCUT2D eigenvalue weighted by molar-refractivity contribution is -0.143. The molecule has 0 unspecified atom stereocenters. The summed E-state index contributed by atoms with van der Waals surface area (Å²) in [5.41, 5.74) is 0. The van der Waals surface area contributed by atoms with E-state index >= 15 is 0 Å². The molecule has 0 rings (SSSR count). The summed E-state index contributed by atoms with van der Waals surface area (Å²) in [6.45, 7) is 4.71. The molecule has 0 fully saturated rings. The third-order valence-corrected chi connectivity index (χ3v) is 1.34. The van der Waals surface area contributed by atoms with Crippen LogP contribution < -0.4 is 5.32 Å². The number of hydrogen-bond acceptors (Lipinski definition) is 3. The van der Waals surface area contributed by atoms with Gasteiger partial charge in [-0.15, -0.1) is 0 Å². The molecule has 3 nitrogen and oxygen atoms in total. The van der Waals surface area contributed by atoms with Crippen molar-refractivity contribution in [3.05, 3.63) is 0 Å². The molecule has 0 aromatic rings. The summed E-state index contributed by atoms with van der Waals surface area (Å²) in [6, 6.07) is -0.130. The Morgan fingerprint density at radius 2 is 2.20 bits per heavy atom. The number of rotatable bonds is 4. The zero-order chi connectivity index (χ0) is 7.98. The summed E-state index contributed by atoms with van der Waals surface area (Å²) in [5, 5.41) is 3.01. The summed E-state index contributed by atoms with van der Waals surface area (Å²) in [7, 11) is 1.41. The van der Waals surface area contributed by atoms with Crippen LogP contribution in [0.4, 0.5) is 0 Å². The van der Waals surface area contributed by atoms with Crippen molar-refractivity contribution in [1.29, 1.82) is 0 Å². The summed E-state index contributed by atoms with van der Waals surface area (Å²) in [4.78, 5) is 10.8. The summed E-state index contributed by atoms with van der Waals surface area (Å²) >= 11 is 0. The lowest BCUT2D eigenvalue weighted by atomic mass is 10.2. The first kappa shape index (κ1) is 9.43. The van der Waals surface area contributed by atoms with E-state index in [-0.39, 0.29) is 12.0 Å². The van der Waals surface area contributed by atoms with Gasteiger partial charge in [-0.25, -0.2) is 0 Å². The molecule has 0 saturated heterocycles. The highest BCUT2D eigenvalue weighted by Gasteiger charge is 2.13. The second kappa shape index (κ2) is 5.23. The van der Waals surface area contributed by atoms with E-state index in [1.54, 1.807) is 0 Å². The molecule has 1 N–H and O–H groups in total. The largest absolute Gasteiger partial charge is 0.468 e. The van der Waals surface area contributed by atoms with E-state index in [0.717, 1.165) is 13.0 Å². The van der Waals surface area contributed by atoms with Crippen molar-refractivity contribution in [2.45, 2.75) is 26.3 Å². The molecule has 0 amide bonds. The lowest BCUT2D eigenvalue weighted by Gasteiger charge is -2.11. The minimum absolute atomic E-state index is 0.130. The number of nitrogens with one attached hydrogen (secondary N) is 1. The molecule has 60 valence electrons. The minimum Gasteiger partial charge on any atom is -0.468 e. The molecule has 0 radical (unpaired) electrons. The van der Waals surface area contributed by atoms with E-state index in [4.69, 9.17) is 0 Å². The van der Waals surface area contributed by atoms with Crippen molar-refractivity contribution in [2.75, 3.05) is 13.7 Å². The molecule has 3 heteroatoms. The first-order valence-corrected chi connectivity index (χ1v) is 3.57. The van der Waals surface area contributed by atoms with E-state index in [0.29, 0.717) is 0 Å². The number of carbonyl (C=O) groups excluding carboxylic acids is 1. The molecule has 0 aliphatic rings. The molecule has 10 heavy (non-hydrogen) atoms. The zero-order valence-electron chi connectivity index (χ0n) is 6.81. The van der Waals surface area contributed by atoms with Gasteiger partial charge in [0.1, 0.15) is 6.04 Å². The fraction of sp³-hybridized carbons (Fsp3) is 0.857. The number of esters is 1. The molecular formula is C7H15NO2. The Balaban J connectivity index is 3.68. The molecular weight excluding hydrogens is 130 g/mol.